The van der Waals surface area contributed by atoms with Crippen LogP contribution in [0, 0.1) is 0 Å². The Morgan fingerprint density at radius 1 is 1.08 bits per heavy atom. The standard InChI is InChI=1S/C20H31N3O2/c1-16(21-11-5-6-12-21)19(24)22-13-14-23(20(2,3)15-22)17-7-9-18(25-4)10-8-17/h7-10,16H,5-6,11-15H2,1-4H3/t16-/m0/s1. The summed E-state index contributed by atoms with van der Waals surface area (Å²) in [5.74, 6) is 1.15. The Balaban J connectivity index is 1.67. The van der Waals surface area contributed by atoms with Gasteiger partial charge in [-0.15, -0.1) is 0 Å². The normalized spacial score (nSPS) is 22.1. The van der Waals surface area contributed by atoms with Gasteiger partial charge in [0.05, 0.1) is 18.7 Å². The van der Waals surface area contributed by atoms with E-state index in [2.05, 4.69) is 47.6 Å². The molecule has 2 saturated heterocycles. The fourth-order valence-corrected chi connectivity index (χ4v) is 4.13. The molecule has 0 radical (unpaired) electrons. The molecule has 138 valence electrons. The summed E-state index contributed by atoms with van der Waals surface area (Å²) in [5, 5.41) is 0. The van der Waals surface area contributed by atoms with E-state index in [0.717, 1.165) is 38.5 Å². The molecule has 1 amide bonds. The maximum atomic E-state index is 12.9. The summed E-state index contributed by atoms with van der Waals surface area (Å²) in [6, 6.07) is 8.21. The van der Waals surface area contributed by atoms with Crippen LogP contribution in [0.1, 0.15) is 33.6 Å². The number of benzene rings is 1. The Morgan fingerprint density at radius 2 is 1.72 bits per heavy atom. The van der Waals surface area contributed by atoms with Gasteiger partial charge in [-0.05, 0) is 71.0 Å². The molecule has 0 spiro atoms. The van der Waals surface area contributed by atoms with E-state index < -0.39 is 0 Å². The molecule has 2 heterocycles. The van der Waals surface area contributed by atoms with E-state index in [-0.39, 0.29) is 17.5 Å². The van der Waals surface area contributed by atoms with Crippen LogP contribution < -0.4 is 9.64 Å². The van der Waals surface area contributed by atoms with Gasteiger partial charge in [-0.3, -0.25) is 9.69 Å². The first kappa shape index (κ1) is 18.1. The largest absolute Gasteiger partial charge is 0.497 e. The van der Waals surface area contributed by atoms with Crippen LogP contribution in [-0.2, 0) is 4.79 Å². The summed E-state index contributed by atoms with van der Waals surface area (Å²) in [7, 11) is 1.69. The SMILES string of the molecule is COc1ccc(N2CCN(C(=O)[C@H](C)N3CCCC3)CC2(C)C)cc1. The highest BCUT2D eigenvalue weighted by Gasteiger charge is 2.38. The first-order valence-corrected chi connectivity index (χ1v) is 9.37. The smallest absolute Gasteiger partial charge is 0.239 e. The van der Waals surface area contributed by atoms with Crippen molar-refractivity contribution < 1.29 is 9.53 Å². The van der Waals surface area contributed by atoms with Crippen LogP contribution in [0.3, 0.4) is 0 Å². The van der Waals surface area contributed by atoms with Crippen molar-refractivity contribution in [1.82, 2.24) is 9.80 Å². The van der Waals surface area contributed by atoms with E-state index in [1.165, 1.54) is 18.5 Å². The van der Waals surface area contributed by atoms with Gasteiger partial charge in [0.15, 0.2) is 0 Å². The summed E-state index contributed by atoms with van der Waals surface area (Å²) < 4.78 is 5.26. The zero-order chi connectivity index (χ0) is 18.0. The maximum Gasteiger partial charge on any atom is 0.239 e. The summed E-state index contributed by atoms with van der Waals surface area (Å²) >= 11 is 0. The molecule has 1 aromatic rings. The van der Waals surface area contributed by atoms with Crippen molar-refractivity contribution in [3.8, 4) is 5.75 Å². The molecule has 0 aromatic heterocycles. The predicted molar refractivity (Wildman–Crippen MR) is 101 cm³/mol. The second-order valence-corrected chi connectivity index (χ2v) is 7.84. The minimum Gasteiger partial charge on any atom is -0.497 e. The molecule has 3 rings (SSSR count). The Bertz CT molecular complexity index is 593. The zero-order valence-electron chi connectivity index (χ0n) is 16.0. The summed E-state index contributed by atoms with van der Waals surface area (Å²) in [5.41, 5.74) is 1.10. The van der Waals surface area contributed by atoms with E-state index >= 15 is 0 Å². The lowest BCUT2D eigenvalue weighted by atomic mass is 9.97. The average Bonchev–Trinajstić information content (AvgIpc) is 3.14. The number of hydrogen-bond donors (Lipinski definition) is 0. The first-order chi connectivity index (χ1) is 11.9. The third-order valence-electron chi connectivity index (χ3n) is 5.64. The molecule has 2 fully saturated rings. The van der Waals surface area contributed by atoms with Gasteiger partial charge in [0.2, 0.25) is 5.91 Å². The lowest BCUT2D eigenvalue weighted by Gasteiger charge is -2.49. The van der Waals surface area contributed by atoms with Gasteiger partial charge in [0, 0.05) is 25.3 Å². The lowest BCUT2D eigenvalue weighted by molar-refractivity contribution is -0.137. The third kappa shape index (κ3) is 3.76. The Hall–Kier alpha value is -1.75. The Labute approximate surface area is 151 Å². The van der Waals surface area contributed by atoms with Crippen LogP contribution in [0.25, 0.3) is 0 Å². The Kier molecular flexibility index (Phi) is 5.23. The molecule has 2 aliphatic rings. The van der Waals surface area contributed by atoms with Crippen molar-refractivity contribution in [2.75, 3.05) is 44.7 Å². The molecule has 0 saturated carbocycles. The van der Waals surface area contributed by atoms with Gasteiger partial charge >= 0.3 is 0 Å². The van der Waals surface area contributed by atoms with Crippen molar-refractivity contribution >= 4 is 11.6 Å². The molecule has 5 heteroatoms. The van der Waals surface area contributed by atoms with Crippen LogP contribution in [0.5, 0.6) is 5.75 Å². The molecule has 1 atom stereocenters. The zero-order valence-corrected chi connectivity index (χ0v) is 16.0. The lowest BCUT2D eigenvalue weighted by Crippen LogP contribution is -2.62. The van der Waals surface area contributed by atoms with Crippen molar-refractivity contribution in [1.29, 1.82) is 0 Å². The van der Waals surface area contributed by atoms with Gasteiger partial charge in [-0.25, -0.2) is 0 Å². The van der Waals surface area contributed by atoms with Crippen LogP contribution in [0.15, 0.2) is 24.3 Å². The van der Waals surface area contributed by atoms with Gasteiger partial charge in [-0.1, -0.05) is 0 Å². The van der Waals surface area contributed by atoms with E-state index in [1.807, 2.05) is 12.1 Å². The fourth-order valence-electron chi connectivity index (χ4n) is 4.13. The highest BCUT2D eigenvalue weighted by Crippen LogP contribution is 2.30. The molecule has 0 unspecified atom stereocenters. The highest BCUT2D eigenvalue weighted by molar-refractivity contribution is 5.82. The predicted octanol–water partition coefficient (Wildman–Crippen LogP) is 2.61. The van der Waals surface area contributed by atoms with Gasteiger partial charge in [0.1, 0.15) is 5.75 Å². The minimum absolute atomic E-state index is 0.00540. The molecule has 0 N–H and O–H groups in total. The second-order valence-electron chi connectivity index (χ2n) is 7.84. The van der Waals surface area contributed by atoms with E-state index in [9.17, 15) is 4.79 Å². The monoisotopic (exact) mass is 345 g/mol. The molecule has 2 aliphatic heterocycles. The second kappa shape index (κ2) is 7.24. The van der Waals surface area contributed by atoms with Crippen LogP contribution in [0.4, 0.5) is 5.69 Å². The molecule has 5 nitrogen and oxygen atoms in total. The van der Waals surface area contributed by atoms with Crippen molar-refractivity contribution in [2.45, 2.75) is 45.2 Å². The van der Waals surface area contributed by atoms with Gasteiger partial charge < -0.3 is 14.5 Å². The quantitative estimate of drug-likeness (QED) is 0.840. The van der Waals surface area contributed by atoms with Gasteiger partial charge in [0.25, 0.3) is 0 Å². The maximum absolute atomic E-state index is 12.9. The molecule has 1 aromatic carbocycles. The highest BCUT2D eigenvalue weighted by atomic mass is 16.5. The molecular weight excluding hydrogens is 314 g/mol. The minimum atomic E-state index is -0.0901. The van der Waals surface area contributed by atoms with E-state index in [4.69, 9.17) is 4.74 Å². The van der Waals surface area contributed by atoms with E-state index in [1.54, 1.807) is 7.11 Å². The number of carbonyl (C=O) groups excluding carboxylic acids is 1. The fraction of sp³-hybridized carbons (Fsp3) is 0.650. The number of rotatable bonds is 4. The van der Waals surface area contributed by atoms with Gasteiger partial charge in [-0.2, -0.15) is 0 Å². The molecular formula is C20H31N3O2. The topological polar surface area (TPSA) is 36.0 Å². The molecule has 25 heavy (non-hydrogen) atoms. The number of piperazine rings is 1. The van der Waals surface area contributed by atoms with E-state index in [0.29, 0.717) is 0 Å². The van der Waals surface area contributed by atoms with Crippen molar-refractivity contribution in [2.24, 2.45) is 0 Å². The number of carbonyl (C=O) groups is 1. The number of nitrogens with zero attached hydrogens (tertiary/aromatic N) is 3. The summed E-state index contributed by atoms with van der Waals surface area (Å²) in [4.78, 5) is 19.7. The number of anilines is 1. The first-order valence-electron chi connectivity index (χ1n) is 9.37. The number of hydrogen-bond acceptors (Lipinski definition) is 4. The molecule has 0 bridgehead atoms. The Morgan fingerprint density at radius 3 is 2.28 bits per heavy atom. The van der Waals surface area contributed by atoms with Crippen molar-refractivity contribution in [3.05, 3.63) is 24.3 Å². The summed E-state index contributed by atoms with van der Waals surface area (Å²) in [6.07, 6.45) is 2.43. The van der Waals surface area contributed by atoms with Crippen molar-refractivity contribution in [3.63, 3.8) is 0 Å². The van der Waals surface area contributed by atoms with Crippen LogP contribution in [0.2, 0.25) is 0 Å². The number of likely N-dealkylation sites (tertiary alicyclic amines) is 1. The number of methoxy groups -OCH3 is 1. The third-order valence-corrected chi connectivity index (χ3v) is 5.64. The van der Waals surface area contributed by atoms with Crippen LogP contribution in [-0.4, -0.2) is 67.1 Å². The average molecular weight is 345 g/mol. The number of ether oxygens (including phenoxy) is 1. The van der Waals surface area contributed by atoms with Crippen LogP contribution >= 0.6 is 0 Å². The number of amides is 1. The molecule has 0 aliphatic carbocycles. The summed E-state index contributed by atoms with van der Waals surface area (Å²) in [6.45, 7) is 11.0.